The second-order valence-electron chi connectivity index (χ2n) is 7.85. The SMILES string of the molecule is COc1cc(C)c(C[NH+]2CCN(C(=S)Nc3cc(C)cc(C)c3)CC2)cc1OC. The smallest absolute Gasteiger partial charge is 0.173 e. The van der Waals surface area contributed by atoms with E-state index in [-0.39, 0.29) is 0 Å². The highest BCUT2D eigenvalue weighted by Crippen LogP contribution is 2.29. The van der Waals surface area contributed by atoms with Crippen molar-refractivity contribution in [2.24, 2.45) is 0 Å². The molecule has 1 fully saturated rings. The predicted octanol–water partition coefficient (Wildman–Crippen LogP) is 2.73. The average molecular weight is 415 g/mol. The highest BCUT2D eigenvalue weighted by atomic mass is 32.1. The van der Waals surface area contributed by atoms with Crippen LogP contribution in [0.25, 0.3) is 0 Å². The van der Waals surface area contributed by atoms with Gasteiger partial charge in [-0.25, -0.2) is 0 Å². The van der Waals surface area contributed by atoms with Crippen LogP contribution in [0.5, 0.6) is 11.5 Å². The first-order valence-electron chi connectivity index (χ1n) is 10.1. The van der Waals surface area contributed by atoms with E-state index in [9.17, 15) is 0 Å². The van der Waals surface area contributed by atoms with Crippen molar-refractivity contribution in [3.8, 4) is 11.5 Å². The van der Waals surface area contributed by atoms with Gasteiger partial charge >= 0.3 is 0 Å². The number of thiocarbonyl (C=S) groups is 1. The molecule has 1 heterocycles. The van der Waals surface area contributed by atoms with Crippen LogP contribution >= 0.6 is 12.2 Å². The lowest BCUT2D eigenvalue weighted by Crippen LogP contribution is -3.13. The van der Waals surface area contributed by atoms with Gasteiger partial charge in [-0.15, -0.1) is 0 Å². The number of methoxy groups -OCH3 is 2. The molecule has 0 saturated carbocycles. The number of benzene rings is 2. The van der Waals surface area contributed by atoms with E-state index in [4.69, 9.17) is 21.7 Å². The summed E-state index contributed by atoms with van der Waals surface area (Å²) in [6, 6.07) is 10.6. The van der Waals surface area contributed by atoms with Crippen LogP contribution < -0.4 is 19.7 Å². The standard InChI is InChI=1S/C23H31N3O2S/c1-16-10-17(2)12-20(11-16)24-23(29)26-8-6-25(7-9-26)15-19-14-22(28-5)21(27-4)13-18(19)3/h10-14H,6-9,15H2,1-5H3,(H,24,29)/p+1. The Morgan fingerprint density at radius 1 is 0.966 bits per heavy atom. The summed E-state index contributed by atoms with van der Waals surface area (Å²) in [4.78, 5) is 3.84. The van der Waals surface area contributed by atoms with Gasteiger partial charge in [0.1, 0.15) is 6.54 Å². The monoisotopic (exact) mass is 414 g/mol. The Bertz CT molecular complexity index is 856. The van der Waals surface area contributed by atoms with Crippen LogP contribution in [0.1, 0.15) is 22.3 Å². The molecule has 1 aliphatic rings. The molecule has 1 aliphatic heterocycles. The molecule has 0 aromatic heterocycles. The highest BCUT2D eigenvalue weighted by molar-refractivity contribution is 7.80. The molecule has 2 aromatic rings. The highest BCUT2D eigenvalue weighted by Gasteiger charge is 2.23. The van der Waals surface area contributed by atoms with Crippen molar-refractivity contribution in [1.29, 1.82) is 0 Å². The maximum absolute atomic E-state index is 5.67. The van der Waals surface area contributed by atoms with Gasteiger partial charge in [-0.1, -0.05) is 6.07 Å². The second kappa shape index (κ2) is 9.46. The topological polar surface area (TPSA) is 38.2 Å². The molecule has 29 heavy (non-hydrogen) atoms. The molecule has 6 heteroatoms. The van der Waals surface area contributed by atoms with E-state index < -0.39 is 0 Å². The van der Waals surface area contributed by atoms with Gasteiger partial charge in [0.15, 0.2) is 16.6 Å². The molecule has 3 rings (SSSR count). The van der Waals surface area contributed by atoms with Crippen molar-refractivity contribution in [3.63, 3.8) is 0 Å². The van der Waals surface area contributed by atoms with Crippen molar-refractivity contribution in [1.82, 2.24) is 4.90 Å². The molecule has 0 amide bonds. The number of quaternary nitrogens is 1. The summed E-state index contributed by atoms with van der Waals surface area (Å²) in [7, 11) is 3.36. The third-order valence-corrected chi connectivity index (χ3v) is 5.87. The van der Waals surface area contributed by atoms with Crippen molar-refractivity contribution in [3.05, 3.63) is 52.6 Å². The van der Waals surface area contributed by atoms with Gasteiger partial charge < -0.3 is 24.6 Å². The molecule has 2 N–H and O–H groups in total. The predicted molar refractivity (Wildman–Crippen MR) is 122 cm³/mol. The lowest BCUT2D eigenvalue weighted by molar-refractivity contribution is -0.917. The molecule has 0 atom stereocenters. The molecular weight excluding hydrogens is 382 g/mol. The van der Waals surface area contributed by atoms with Crippen LogP contribution in [-0.4, -0.2) is 50.4 Å². The van der Waals surface area contributed by atoms with Gasteiger partial charge in [-0.2, -0.15) is 0 Å². The fourth-order valence-electron chi connectivity index (χ4n) is 3.93. The van der Waals surface area contributed by atoms with Crippen molar-refractivity contribution < 1.29 is 14.4 Å². The zero-order valence-electron chi connectivity index (χ0n) is 18.1. The van der Waals surface area contributed by atoms with Crippen LogP contribution in [0.15, 0.2) is 30.3 Å². The Morgan fingerprint density at radius 2 is 1.55 bits per heavy atom. The van der Waals surface area contributed by atoms with Gasteiger partial charge in [-0.3, -0.25) is 0 Å². The lowest BCUT2D eigenvalue weighted by atomic mass is 10.1. The number of piperazine rings is 1. The molecule has 0 radical (unpaired) electrons. The number of ether oxygens (including phenoxy) is 2. The molecule has 5 nitrogen and oxygen atoms in total. The minimum Gasteiger partial charge on any atom is -0.493 e. The minimum atomic E-state index is 0.788. The van der Waals surface area contributed by atoms with Crippen molar-refractivity contribution >= 4 is 23.0 Å². The van der Waals surface area contributed by atoms with Gasteiger partial charge in [-0.05, 0) is 73.9 Å². The summed E-state index contributed by atoms with van der Waals surface area (Å²) in [5.41, 5.74) is 6.11. The Labute approximate surface area is 179 Å². The zero-order valence-corrected chi connectivity index (χ0v) is 18.9. The summed E-state index contributed by atoms with van der Waals surface area (Å²) in [6.07, 6.45) is 0. The number of anilines is 1. The minimum absolute atomic E-state index is 0.788. The first kappa shape index (κ1) is 21.4. The molecule has 2 aromatic carbocycles. The summed E-state index contributed by atoms with van der Waals surface area (Å²) >= 11 is 5.67. The number of hydrogen-bond donors (Lipinski definition) is 2. The Balaban J connectivity index is 1.57. The van der Waals surface area contributed by atoms with Gasteiger partial charge in [0, 0.05) is 11.3 Å². The summed E-state index contributed by atoms with van der Waals surface area (Å²) in [5, 5.41) is 4.23. The average Bonchev–Trinajstić information content (AvgIpc) is 2.68. The van der Waals surface area contributed by atoms with E-state index in [0.29, 0.717) is 0 Å². The van der Waals surface area contributed by atoms with E-state index in [0.717, 1.165) is 55.0 Å². The second-order valence-corrected chi connectivity index (χ2v) is 8.24. The number of aryl methyl sites for hydroxylation is 3. The first-order valence-corrected chi connectivity index (χ1v) is 10.5. The fourth-order valence-corrected chi connectivity index (χ4v) is 4.24. The van der Waals surface area contributed by atoms with Crippen LogP contribution in [-0.2, 0) is 6.54 Å². The van der Waals surface area contributed by atoms with Crippen LogP contribution in [0.2, 0.25) is 0 Å². The fraction of sp³-hybridized carbons (Fsp3) is 0.435. The number of rotatable bonds is 5. The Morgan fingerprint density at radius 3 is 2.14 bits per heavy atom. The normalized spacial score (nSPS) is 14.6. The largest absolute Gasteiger partial charge is 0.493 e. The molecule has 0 bridgehead atoms. The molecule has 0 spiro atoms. The molecule has 0 unspecified atom stereocenters. The number of nitrogens with one attached hydrogen (secondary N) is 2. The van der Waals surface area contributed by atoms with Crippen LogP contribution in [0.4, 0.5) is 5.69 Å². The van der Waals surface area contributed by atoms with Gasteiger partial charge in [0.2, 0.25) is 0 Å². The molecule has 156 valence electrons. The van der Waals surface area contributed by atoms with Crippen molar-refractivity contribution in [2.75, 3.05) is 45.7 Å². The van der Waals surface area contributed by atoms with Gasteiger partial charge in [0.05, 0.1) is 40.4 Å². The number of hydrogen-bond acceptors (Lipinski definition) is 3. The third-order valence-electron chi connectivity index (χ3n) is 5.51. The van der Waals surface area contributed by atoms with E-state index in [1.807, 2.05) is 0 Å². The summed E-state index contributed by atoms with van der Waals surface area (Å²) in [6.45, 7) is 11.4. The van der Waals surface area contributed by atoms with E-state index in [1.54, 1.807) is 19.1 Å². The van der Waals surface area contributed by atoms with Gasteiger partial charge in [0.25, 0.3) is 0 Å². The zero-order chi connectivity index (χ0) is 21.0. The maximum Gasteiger partial charge on any atom is 0.173 e. The summed E-state index contributed by atoms with van der Waals surface area (Å²) < 4.78 is 10.9. The maximum atomic E-state index is 5.67. The first-order chi connectivity index (χ1) is 13.9. The van der Waals surface area contributed by atoms with Crippen molar-refractivity contribution in [2.45, 2.75) is 27.3 Å². The van der Waals surface area contributed by atoms with Crippen LogP contribution in [0.3, 0.4) is 0 Å². The van der Waals surface area contributed by atoms with Crippen LogP contribution in [0, 0.1) is 20.8 Å². The lowest BCUT2D eigenvalue weighted by Gasteiger charge is -2.34. The Kier molecular flexibility index (Phi) is 6.98. The van der Waals surface area contributed by atoms with E-state index in [1.165, 1.54) is 22.3 Å². The summed E-state index contributed by atoms with van der Waals surface area (Å²) in [5.74, 6) is 1.58. The number of nitrogens with zero attached hydrogens (tertiary/aromatic N) is 1. The third kappa shape index (κ3) is 5.40. The van der Waals surface area contributed by atoms with E-state index in [2.05, 4.69) is 61.3 Å². The molecular formula is C23H32N3O2S+. The Hall–Kier alpha value is -2.31. The molecule has 1 saturated heterocycles. The molecule has 0 aliphatic carbocycles. The van der Waals surface area contributed by atoms with E-state index >= 15 is 0 Å². The quantitative estimate of drug-likeness (QED) is 0.736.